The summed E-state index contributed by atoms with van der Waals surface area (Å²) in [7, 11) is 0. The number of anilines is 2. The standard InChI is InChI=1S/C21H18FN3O2/c22-15-6-5-7-16(14-15)23-20(26)17-10-13-25(21(17)27)19-9-2-1-8-18(19)24-11-3-4-12-24/h1-9,11-12,14,17H,10,13H2,(H,23,26). The van der Waals surface area contributed by atoms with E-state index in [1.807, 2.05) is 53.4 Å². The van der Waals surface area contributed by atoms with Crippen molar-refractivity contribution in [3.63, 3.8) is 0 Å². The number of amides is 2. The van der Waals surface area contributed by atoms with Gasteiger partial charge >= 0.3 is 0 Å². The third-order valence-electron chi connectivity index (χ3n) is 4.67. The van der Waals surface area contributed by atoms with Gasteiger partial charge in [-0.15, -0.1) is 0 Å². The number of nitrogens with one attached hydrogen (secondary N) is 1. The van der Waals surface area contributed by atoms with Gasteiger partial charge in [0, 0.05) is 24.6 Å². The predicted octanol–water partition coefficient (Wildman–Crippen LogP) is 3.61. The molecule has 0 saturated carbocycles. The molecular formula is C21H18FN3O2. The minimum atomic E-state index is -0.786. The Hall–Kier alpha value is -3.41. The fourth-order valence-corrected chi connectivity index (χ4v) is 3.36. The highest BCUT2D eigenvalue weighted by atomic mass is 19.1. The number of carbonyl (C=O) groups is 2. The third kappa shape index (κ3) is 3.33. The summed E-state index contributed by atoms with van der Waals surface area (Å²) < 4.78 is 15.2. The molecule has 0 bridgehead atoms. The summed E-state index contributed by atoms with van der Waals surface area (Å²) in [5.41, 5.74) is 1.99. The van der Waals surface area contributed by atoms with E-state index >= 15 is 0 Å². The van der Waals surface area contributed by atoms with Gasteiger partial charge in [0.1, 0.15) is 11.7 Å². The van der Waals surface area contributed by atoms with Gasteiger partial charge in [-0.25, -0.2) is 4.39 Å². The van der Waals surface area contributed by atoms with Crippen molar-refractivity contribution in [3.8, 4) is 5.69 Å². The van der Waals surface area contributed by atoms with Crippen molar-refractivity contribution in [1.29, 1.82) is 0 Å². The summed E-state index contributed by atoms with van der Waals surface area (Å²) in [4.78, 5) is 27.1. The quantitative estimate of drug-likeness (QED) is 0.720. The highest BCUT2D eigenvalue weighted by molar-refractivity contribution is 6.13. The lowest BCUT2D eigenvalue weighted by Crippen LogP contribution is -2.33. The van der Waals surface area contributed by atoms with Gasteiger partial charge in [-0.2, -0.15) is 0 Å². The fraction of sp³-hybridized carbons (Fsp3) is 0.143. The molecular weight excluding hydrogens is 345 g/mol. The molecule has 0 aliphatic carbocycles. The van der Waals surface area contributed by atoms with Crippen LogP contribution in [-0.4, -0.2) is 22.9 Å². The van der Waals surface area contributed by atoms with Gasteiger partial charge in [0.05, 0.1) is 11.4 Å². The highest BCUT2D eigenvalue weighted by Gasteiger charge is 2.38. The first-order valence-corrected chi connectivity index (χ1v) is 8.73. The molecule has 1 unspecified atom stereocenters. The van der Waals surface area contributed by atoms with Gasteiger partial charge in [0.25, 0.3) is 0 Å². The van der Waals surface area contributed by atoms with Crippen LogP contribution in [0.1, 0.15) is 6.42 Å². The molecule has 4 rings (SSSR count). The molecule has 1 atom stereocenters. The van der Waals surface area contributed by atoms with Crippen LogP contribution in [-0.2, 0) is 9.59 Å². The summed E-state index contributed by atoms with van der Waals surface area (Å²) in [6.07, 6.45) is 4.24. The largest absolute Gasteiger partial charge is 0.325 e. The zero-order valence-electron chi connectivity index (χ0n) is 14.5. The Labute approximate surface area is 156 Å². The average molecular weight is 363 g/mol. The van der Waals surface area contributed by atoms with Crippen molar-refractivity contribution in [2.75, 3.05) is 16.8 Å². The highest BCUT2D eigenvalue weighted by Crippen LogP contribution is 2.31. The van der Waals surface area contributed by atoms with Crippen molar-refractivity contribution in [2.24, 2.45) is 5.92 Å². The third-order valence-corrected chi connectivity index (χ3v) is 4.67. The van der Waals surface area contributed by atoms with Crippen LogP contribution in [0, 0.1) is 11.7 Å². The zero-order valence-corrected chi connectivity index (χ0v) is 14.5. The van der Waals surface area contributed by atoms with E-state index in [0.29, 0.717) is 18.7 Å². The van der Waals surface area contributed by atoms with Gasteiger partial charge < -0.3 is 14.8 Å². The maximum absolute atomic E-state index is 13.3. The van der Waals surface area contributed by atoms with Crippen LogP contribution < -0.4 is 10.2 Å². The van der Waals surface area contributed by atoms with Crippen LogP contribution >= 0.6 is 0 Å². The molecule has 0 radical (unpaired) electrons. The van der Waals surface area contributed by atoms with Crippen LogP contribution in [0.25, 0.3) is 5.69 Å². The number of aromatic nitrogens is 1. The smallest absolute Gasteiger partial charge is 0.239 e. The lowest BCUT2D eigenvalue weighted by Gasteiger charge is -2.21. The topological polar surface area (TPSA) is 54.3 Å². The second kappa shape index (κ2) is 7.07. The maximum Gasteiger partial charge on any atom is 0.239 e. The molecule has 2 amide bonds. The van der Waals surface area contributed by atoms with Crippen LogP contribution in [0.3, 0.4) is 0 Å². The Morgan fingerprint density at radius 1 is 1.00 bits per heavy atom. The Balaban J connectivity index is 1.55. The molecule has 2 heterocycles. The van der Waals surface area contributed by atoms with Crippen molar-refractivity contribution < 1.29 is 14.0 Å². The number of nitrogens with zero attached hydrogens (tertiary/aromatic N) is 2. The Morgan fingerprint density at radius 2 is 1.74 bits per heavy atom. The number of hydrogen-bond acceptors (Lipinski definition) is 2. The summed E-state index contributed by atoms with van der Waals surface area (Å²) in [6.45, 7) is 0.457. The van der Waals surface area contributed by atoms with Crippen molar-refractivity contribution in [1.82, 2.24) is 4.57 Å². The molecule has 1 saturated heterocycles. The minimum Gasteiger partial charge on any atom is -0.325 e. The predicted molar refractivity (Wildman–Crippen MR) is 101 cm³/mol. The molecule has 5 nitrogen and oxygen atoms in total. The van der Waals surface area contributed by atoms with Gasteiger partial charge in [0.2, 0.25) is 11.8 Å². The number of para-hydroxylation sites is 2. The van der Waals surface area contributed by atoms with Crippen molar-refractivity contribution >= 4 is 23.2 Å². The summed E-state index contributed by atoms with van der Waals surface area (Å²) in [5, 5.41) is 2.64. The first-order chi connectivity index (χ1) is 13.1. The van der Waals surface area contributed by atoms with Gasteiger partial charge in [-0.3, -0.25) is 9.59 Å². The zero-order chi connectivity index (χ0) is 18.8. The van der Waals surface area contributed by atoms with Crippen LogP contribution in [0.2, 0.25) is 0 Å². The fourth-order valence-electron chi connectivity index (χ4n) is 3.36. The van der Waals surface area contributed by atoms with E-state index in [-0.39, 0.29) is 5.91 Å². The molecule has 2 aromatic carbocycles. The lowest BCUT2D eigenvalue weighted by molar-refractivity contribution is -0.129. The lowest BCUT2D eigenvalue weighted by atomic mass is 10.1. The second-order valence-corrected chi connectivity index (χ2v) is 6.41. The average Bonchev–Trinajstić information content (AvgIpc) is 3.31. The Bertz CT molecular complexity index is 985. The molecule has 1 fully saturated rings. The molecule has 0 spiro atoms. The number of hydrogen-bond donors (Lipinski definition) is 1. The SMILES string of the molecule is O=C(Nc1cccc(F)c1)C1CCN(c2ccccc2-n2cccc2)C1=O. The van der Waals surface area contributed by atoms with Gasteiger partial charge in [-0.1, -0.05) is 18.2 Å². The van der Waals surface area contributed by atoms with Crippen molar-refractivity contribution in [3.05, 3.63) is 78.9 Å². The minimum absolute atomic E-state index is 0.247. The van der Waals surface area contributed by atoms with Crippen LogP contribution in [0.15, 0.2) is 73.1 Å². The summed E-state index contributed by atoms with van der Waals surface area (Å²) in [6, 6.07) is 17.1. The van der Waals surface area contributed by atoms with Gasteiger partial charge in [-0.05, 0) is 48.9 Å². The van der Waals surface area contributed by atoms with E-state index in [1.54, 1.807) is 11.0 Å². The first kappa shape index (κ1) is 17.0. The molecule has 1 aliphatic heterocycles. The van der Waals surface area contributed by atoms with Crippen LogP contribution in [0.4, 0.5) is 15.8 Å². The first-order valence-electron chi connectivity index (χ1n) is 8.73. The Morgan fingerprint density at radius 3 is 2.48 bits per heavy atom. The molecule has 1 aromatic heterocycles. The van der Waals surface area contributed by atoms with E-state index in [2.05, 4.69) is 5.32 Å². The molecule has 27 heavy (non-hydrogen) atoms. The summed E-state index contributed by atoms with van der Waals surface area (Å²) in [5.74, 6) is -1.88. The van der Waals surface area contributed by atoms with Gasteiger partial charge in [0.15, 0.2) is 0 Å². The van der Waals surface area contributed by atoms with E-state index < -0.39 is 17.6 Å². The molecule has 1 N–H and O–H groups in total. The number of carbonyl (C=O) groups excluding carboxylic acids is 2. The molecule has 136 valence electrons. The Kier molecular flexibility index (Phi) is 4.46. The molecule has 3 aromatic rings. The normalized spacial score (nSPS) is 16.6. The van der Waals surface area contributed by atoms with E-state index in [9.17, 15) is 14.0 Å². The number of halogens is 1. The van der Waals surface area contributed by atoms with E-state index in [1.165, 1.54) is 18.2 Å². The summed E-state index contributed by atoms with van der Waals surface area (Å²) >= 11 is 0. The molecule has 1 aliphatic rings. The van der Waals surface area contributed by atoms with Crippen molar-refractivity contribution in [2.45, 2.75) is 6.42 Å². The number of benzene rings is 2. The maximum atomic E-state index is 13.3. The number of rotatable bonds is 4. The van der Waals surface area contributed by atoms with Crippen LogP contribution in [0.5, 0.6) is 0 Å². The monoisotopic (exact) mass is 363 g/mol. The molecule has 6 heteroatoms. The van der Waals surface area contributed by atoms with E-state index in [0.717, 1.165) is 11.4 Å². The second-order valence-electron chi connectivity index (χ2n) is 6.41. The van der Waals surface area contributed by atoms with E-state index in [4.69, 9.17) is 0 Å².